The van der Waals surface area contributed by atoms with Crippen molar-refractivity contribution in [2.75, 3.05) is 5.32 Å². The summed E-state index contributed by atoms with van der Waals surface area (Å²) in [5.74, 6) is -0.244. The highest BCUT2D eigenvalue weighted by Crippen LogP contribution is 2.31. The summed E-state index contributed by atoms with van der Waals surface area (Å²) in [5.41, 5.74) is 1.84. The molecule has 0 saturated heterocycles. The first-order chi connectivity index (χ1) is 8.94. The minimum absolute atomic E-state index is 0.244. The molecular formula is C12H9BrF3NOS. The lowest BCUT2D eigenvalue weighted by Gasteiger charge is -2.12. The van der Waals surface area contributed by atoms with Crippen molar-refractivity contribution in [2.24, 2.45) is 0 Å². The van der Waals surface area contributed by atoms with Gasteiger partial charge in [0.1, 0.15) is 5.75 Å². The van der Waals surface area contributed by atoms with Crippen LogP contribution in [0.1, 0.15) is 5.56 Å². The van der Waals surface area contributed by atoms with Crippen LogP contribution in [0.15, 0.2) is 39.5 Å². The molecule has 0 bridgehead atoms. The molecular weight excluding hydrogens is 343 g/mol. The Labute approximate surface area is 120 Å². The lowest BCUT2D eigenvalue weighted by Crippen LogP contribution is -2.17. The Kier molecular flexibility index (Phi) is 4.36. The molecule has 0 spiro atoms. The van der Waals surface area contributed by atoms with Gasteiger partial charge >= 0.3 is 6.36 Å². The van der Waals surface area contributed by atoms with Gasteiger partial charge in [0.15, 0.2) is 0 Å². The minimum Gasteiger partial charge on any atom is -0.405 e. The van der Waals surface area contributed by atoms with Crippen molar-refractivity contribution in [1.82, 2.24) is 0 Å². The molecule has 0 atom stereocenters. The average molecular weight is 352 g/mol. The Hall–Kier alpha value is -1.21. The lowest BCUT2D eigenvalue weighted by molar-refractivity contribution is -0.274. The van der Waals surface area contributed by atoms with Gasteiger partial charge in [0, 0.05) is 17.6 Å². The van der Waals surface area contributed by atoms with Crippen LogP contribution in [-0.4, -0.2) is 6.36 Å². The summed E-state index contributed by atoms with van der Waals surface area (Å²) in [6.07, 6.45) is -4.68. The Balaban J connectivity index is 2.02. The standard InChI is InChI=1S/C12H9BrF3NOS/c13-10-5-8(6-17-9-3-4-19-7-9)1-2-11(10)18-12(14,15)16/h1-5,7,17H,6H2. The van der Waals surface area contributed by atoms with Gasteiger partial charge in [-0.1, -0.05) is 6.07 Å². The van der Waals surface area contributed by atoms with E-state index in [2.05, 4.69) is 26.0 Å². The number of hydrogen-bond acceptors (Lipinski definition) is 3. The van der Waals surface area contributed by atoms with E-state index in [1.165, 1.54) is 6.07 Å². The molecule has 0 aliphatic heterocycles. The van der Waals surface area contributed by atoms with E-state index in [1.54, 1.807) is 23.5 Å². The van der Waals surface area contributed by atoms with Crippen LogP contribution in [0.25, 0.3) is 0 Å². The predicted octanol–water partition coefficient (Wildman–Crippen LogP) is 5.02. The van der Waals surface area contributed by atoms with Gasteiger partial charge in [-0.3, -0.25) is 0 Å². The number of nitrogens with one attached hydrogen (secondary N) is 1. The second-order valence-electron chi connectivity index (χ2n) is 3.68. The molecule has 1 heterocycles. The van der Waals surface area contributed by atoms with Crippen molar-refractivity contribution in [1.29, 1.82) is 0 Å². The third kappa shape index (κ3) is 4.43. The fraction of sp³-hybridized carbons (Fsp3) is 0.167. The first-order valence-corrected chi connectivity index (χ1v) is 6.98. The summed E-state index contributed by atoms with van der Waals surface area (Å²) in [7, 11) is 0. The van der Waals surface area contributed by atoms with Gasteiger partial charge in [-0.25, -0.2) is 0 Å². The molecule has 7 heteroatoms. The number of thiophene rings is 1. The number of hydrogen-bond donors (Lipinski definition) is 1. The number of halogens is 4. The van der Waals surface area contributed by atoms with Crippen LogP contribution in [0.4, 0.5) is 18.9 Å². The summed E-state index contributed by atoms with van der Waals surface area (Å²) in [6.45, 7) is 0.529. The smallest absolute Gasteiger partial charge is 0.405 e. The van der Waals surface area contributed by atoms with Gasteiger partial charge in [-0.2, -0.15) is 11.3 Å². The number of rotatable bonds is 4. The number of anilines is 1. The van der Waals surface area contributed by atoms with E-state index in [4.69, 9.17) is 0 Å². The van der Waals surface area contributed by atoms with Gasteiger partial charge in [0.2, 0.25) is 0 Å². The highest BCUT2D eigenvalue weighted by Gasteiger charge is 2.31. The zero-order valence-electron chi connectivity index (χ0n) is 9.50. The molecule has 1 aromatic carbocycles. The Bertz CT molecular complexity index is 542. The van der Waals surface area contributed by atoms with E-state index < -0.39 is 6.36 Å². The number of alkyl halides is 3. The molecule has 0 amide bonds. The number of benzene rings is 1. The summed E-state index contributed by atoms with van der Waals surface area (Å²) >= 11 is 4.64. The highest BCUT2D eigenvalue weighted by atomic mass is 79.9. The Morgan fingerprint density at radius 1 is 1.26 bits per heavy atom. The molecule has 2 nitrogen and oxygen atoms in total. The van der Waals surface area contributed by atoms with Crippen LogP contribution >= 0.6 is 27.3 Å². The second-order valence-corrected chi connectivity index (χ2v) is 5.31. The topological polar surface area (TPSA) is 21.3 Å². The maximum absolute atomic E-state index is 12.1. The monoisotopic (exact) mass is 351 g/mol. The number of ether oxygens (including phenoxy) is 1. The molecule has 0 fully saturated rings. The normalized spacial score (nSPS) is 11.4. The minimum atomic E-state index is -4.68. The fourth-order valence-electron chi connectivity index (χ4n) is 1.43. The van der Waals surface area contributed by atoms with Crippen molar-refractivity contribution < 1.29 is 17.9 Å². The highest BCUT2D eigenvalue weighted by molar-refractivity contribution is 9.10. The van der Waals surface area contributed by atoms with Gasteiger partial charge < -0.3 is 10.1 Å². The van der Waals surface area contributed by atoms with E-state index in [0.29, 0.717) is 6.54 Å². The summed E-state index contributed by atoms with van der Waals surface area (Å²) in [6, 6.07) is 6.41. The average Bonchev–Trinajstić information content (AvgIpc) is 2.81. The molecule has 0 aliphatic carbocycles. The molecule has 19 heavy (non-hydrogen) atoms. The molecule has 1 aromatic heterocycles. The van der Waals surface area contributed by atoms with Gasteiger partial charge in [0.05, 0.1) is 4.47 Å². The molecule has 2 rings (SSSR count). The maximum atomic E-state index is 12.1. The maximum Gasteiger partial charge on any atom is 0.573 e. The van der Waals surface area contributed by atoms with Crippen molar-refractivity contribution in [3.8, 4) is 5.75 Å². The first-order valence-electron chi connectivity index (χ1n) is 5.24. The molecule has 1 N–H and O–H groups in total. The zero-order chi connectivity index (χ0) is 13.9. The first kappa shape index (κ1) is 14.2. The van der Waals surface area contributed by atoms with E-state index in [-0.39, 0.29) is 10.2 Å². The van der Waals surface area contributed by atoms with Crippen LogP contribution in [0.2, 0.25) is 0 Å². The van der Waals surface area contributed by atoms with Crippen LogP contribution in [-0.2, 0) is 6.54 Å². The summed E-state index contributed by atoms with van der Waals surface area (Å²) < 4.78 is 40.4. The van der Waals surface area contributed by atoms with Crippen molar-refractivity contribution >= 4 is 33.0 Å². The largest absolute Gasteiger partial charge is 0.573 e. The Morgan fingerprint density at radius 3 is 2.63 bits per heavy atom. The second kappa shape index (κ2) is 5.83. The van der Waals surface area contributed by atoms with Gasteiger partial charge in [0.25, 0.3) is 0 Å². The van der Waals surface area contributed by atoms with E-state index in [9.17, 15) is 13.2 Å². The van der Waals surface area contributed by atoms with E-state index >= 15 is 0 Å². The van der Waals surface area contributed by atoms with Crippen LogP contribution < -0.4 is 10.1 Å². The van der Waals surface area contributed by atoms with E-state index in [0.717, 1.165) is 11.3 Å². The fourth-order valence-corrected chi connectivity index (χ4v) is 2.55. The quantitative estimate of drug-likeness (QED) is 0.834. The molecule has 0 radical (unpaired) electrons. The van der Waals surface area contributed by atoms with Crippen LogP contribution in [0.3, 0.4) is 0 Å². The molecule has 0 aliphatic rings. The zero-order valence-corrected chi connectivity index (χ0v) is 11.9. The lowest BCUT2D eigenvalue weighted by atomic mass is 10.2. The van der Waals surface area contributed by atoms with Crippen LogP contribution in [0.5, 0.6) is 5.75 Å². The van der Waals surface area contributed by atoms with Crippen LogP contribution in [0, 0.1) is 0 Å². The third-order valence-corrected chi connectivity index (χ3v) is 3.54. The van der Waals surface area contributed by atoms with Crippen molar-refractivity contribution in [3.63, 3.8) is 0 Å². The van der Waals surface area contributed by atoms with Crippen molar-refractivity contribution in [3.05, 3.63) is 45.1 Å². The van der Waals surface area contributed by atoms with Crippen molar-refractivity contribution in [2.45, 2.75) is 12.9 Å². The third-order valence-electron chi connectivity index (χ3n) is 2.24. The molecule has 0 unspecified atom stereocenters. The molecule has 102 valence electrons. The SMILES string of the molecule is FC(F)(F)Oc1ccc(CNc2ccsc2)cc1Br. The van der Waals surface area contributed by atoms with Gasteiger partial charge in [-0.05, 0) is 45.1 Å². The predicted molar refractivity (Wildman–Crippen MR) is 72.5 cm³/mol. The van der Waals surface area contributed by atoms with E-state index in [1.807, 2.05) is 16.8 Å². The summed E-state index contributed by atoms with van der Waals surface area (Å²) in [4.78, 5) is 0. The Morgan fingerprint density at radius 2 is 2.05 bits per heavy atom. The molecule has 2 aromatic rings. The summed E-state index contributed by atoms with van der Waals surface area (Å²) in [5, 5.41) is 7.06. The molecule has 0 saturated carbocycles. The van der Waals surface area contributed by atoms with Gasteiger partial charge in [-0.15, -0.1) is 13.2 Å².